The number of nitrogens with one attached hydrogen (secondary N) is 2. The molecule has 2 heterocycles. The summed E-state index contributed by atoms with van der Waals surface area (Å²) < 4.78 is 23.2. The molecule has 6 heteroatoms. The van der Waals surface area contributed by atoms with Crippen molar-refractivity contribution in [1.82, 2.24) is 5.32 Å². The zero-order valence-electron chi connectivity index (χ0n) is 12.9. The molecule has 1 fully saturated rings. The number of carbonyl (C=O) groups excluding carboxylic acids is 1. The SMILES string of the molecule is C[C@]1(NC(=O)C[NH+]2CCc3ccccc3C2)CCS(=O)(=O)C1. The van der Waals surface area contributed by atoms with Crippen molar-refractivity contribution < 1.29 is 18.1 Å². The van der Waals surface area contributed by atoms with Crippen molar-refractivity contribution in [1.29, 1.82) is 0 Å². The van der Waals surface area contributed by atoms with Crippen molar-refractivity contribution in [2.45, 2.75) is 31.8 Å². The first-order valence-corrected chi connectivity index (χ1v) is 9.59. The molecular formula is C16H23N2O3S+. The predicted octanol–water partition coefficient (Wildman–Crippen LogP) is -0.679. The number of benzene rings is 1. The minimum Gasteiger partial charge on any atom is -0.345 e. The third kappa shape index (κ3) is 3.50. The van der Waals surface area contributed by atoms with Gasteiger partial charge in [-0.3, -0.25) is 4.79 Å². The van der Waals surface area contributed by atoms with E-state index in [4.69, 9.17) is 0 Å². The van der Waals surface area contributed by atoms with Crippen molar-refractivity contribution in [3.63, 3.8) is 0 Å². The van der Waals surface area contributed by atoms with Crippen molar-refractivity contribution in [3.05, 3.63) is 35.4 Å². The molecule has 120 valence electrons. The van der Waals surface area contributed by atoms with E-state index >= 15 is 0 Å². The van der Waals surface area contributed by atoms with Gasteiger partial charge in [0, 0.05) is 12.0 Å². The predicted molar refractivity (Wildman–Crippen MR) is 84.4 cm³/mol. The summed E-state index contributed by atoms with van der Waals surface area (Å²) in [6.45, 7) is 4.04. The summed E-state index contributed by atoms with van der Waals surface area (Å²) in [6, 6.07) is 8.36. The summed E-state index contributed by atoms with van der Waals surface area (Å²) in [5.41, 5.74) is 2.09. The van der Waals surface area contributed by atoms with Crippen LogP contribution in [0.15, 0.2) is 24.3 Å². The second-order valence-corrected chi connectivity index (χ2v) is 9.01. The van der Waals surface area contributed by atoms with Crippen molar-refractivity contribution in [2.75, 3.05) is 24.6 Å². The van der Waals surface area contributed by atoms with Gasteiger partial charge in [-0.2, -0.15) is 0 Å². The molecule has 0 aliphatic carbocycles. The normalized spacial score (nSPS) is 29.8. The number of hydrogen-bond donors (Lipinski definition) is 2. The lowest BCUT2D eigenvalue weighted by molar-refractivity contribution is -0.908. The number of quaternary nitrogens is 1. The Morgan fingerprint density at radius 3 is 2.73 bits per heavy atom. The zero-order chi connectivity index (χ0) is 15.8. The Kier molecular flexibility index (Phi) is 3.99. The minimum absolute atomic E-state index is 0.0472. The van der Waals surface area contributed by atoms with Gasteiger partial charge in [-0.15, -0.1) is 0 Å². The first-order chi connectivity index (χ1) is 10.4. The molecule has 0 spiro atoms. The number of hydrogen-bond acceptors (Lipinski definition) is 3. The number of fused-ring (bicyclic) bond motifs is 1. The molecule has 1 aromatic rings. The highest BCUT2D eigenvalue weighted by Crippen LogP contribution is 2.22. The van der Waals surface area contributed by atoms with Crippen LogP contribution in [-0.2, 0) is 27.6 Å². The highest BCUT2D eigenvalue weighted by Gasteiger charge is 2.40. The van der Waals surface area contributed by atoms with Gasteiger partial charge in [0.05, 0.1) is 23.6 Å². The molecule has 22 heavy (non-hydrogen) atoms. The Morgan fingerprint density at radius 1 is 1.32 bits per heavy atom. The van der Waals surface area contributed by atoms with E-state index in [1.54, 1.807) is 0 Å². The van der Waals surface area contributed by atoms with E-state index in [9.17, 15) is 13.2 Å². The lowest BCUT2D eigenvalue weighted by atomic mass is 9.99. The zero-order valence-corrected chi connectivity index (χ0v) is 13.7. The van der Waals surface area contributed by atoms with E-state index in [1.165, 1.54) is 16.0 Å². The summed E-state index contributed by atoms with van der Waals surface area (Å²) in [4.78, 5) is 13.5. The molecule has 0 saturated carbocycles. The van der Waals surface area contributed by atoms with E-state index in [1.807, 2.05) is 13.0 Å². The fourth-order valence-corrected chi connectivity index (χ4v) is 5.60. The Morgan fingerprint density at radius 2 is 2.05 bits per heavy atom. The van der Waals surface area contributed by atoms with Crippen LogP contribution in [0.3, 0.4) is 0 Å². The third-order valence-corrected chi connectivity index (χ3v) is 6.56. The fraction of sp³-hybridized carbons (Fsp3) is 0.562. The molecular weight excluding hydrogens is 300 g/mol. The number of rotatable bonds is 3. The topological polar surface area (TPSA) is 67.7 Å². The van der Waals surface area contributed by atoms with E-state index in [0.717, 1.165) is 19.5 Å². The van der Waals surface area contributed by atoms with Crippen LogP contribution in [-0.4, -0.2) is 44.5 Å². The largest absolute Gasteiger partial charge is 0.345 e. The fourth-order valence-electron chi connectivity index (χ4n) is 3.51. The molecule has 2 atom stereocenters. The lowest BCUT2D eigenvalue weighted by Crippen LogP contribution is -3.13. The van der Waals surface area contributed by atoms with Crippen LogP contribution >= 0.6 is 0 Å². The number of amides is 1. The van der Waals surface area contributed by atoms with Crippen LogP contribution in [0.4, 0.5) is 0 Å². The molecule has 2 N–H and O–H groups in total. The number of carbonyl (C=O) groups is 1. The van der Waals surface area contributed by atoms with Crippen LogP contribution in [0, 0.1) is 0 Å². The van der Waals surface area contributed by atoms with Gasteiger partial charge in [0.1, 0.15) is 6.54 Å². The van der Waals surface area contributed by atoms with Gasteiger partial charge in [0.15, 0.2) is 16.4 Å². The maximum absolute atomic E-state index is 12.3. The summed E-state index contributed by atoms with van der Waals surface area (Å²) in [5.74, 6) is 0.187. The molecule has 3 rings (SSSR count). The Bertz CT molecular complexity index is 686. The first kappa shape index (κ1) is 15.5. The second-order valence-electron chi connectivity index (χ2n) is 6.82. The summed E-state index contributed by atoms with van der Waals surface area (Å²) in [5, 5.41) is 2.94. The van der Waals surface area contributed by atoms with E-state index in [-0.39, 0.29) is 17.4 Å². The summed E-state index contributed by atoms with van der Waals surface area (Å²) in [7, 11) is -2.99. The van der Waals surface area contributed by atoms with E-state index in [0.29, 0.717) is 13.0 Å². The Balaban J connectivity index is 1.57. The smallest absolute Gasteiger partial charge is 0.275 e. The molecule has 0 radical (unpaired) electrons. The lowest BCUT2D eigenvalue weighted by Gasteiger charge is -2.28. The quantitative estimate of drug-likeness (QED) is 0.775. The van der Waals surface area contributed by atoms with Gasteiger partial charge >= 0.3 is 0 Å². The van der Waals surface area contributed by atoms with Crippen LogP contribution in [0.5, 0.6) is 0 Å². The van der Waals surface area contributed by atoms with Crippen LogP contribution in [0.2, 0.25) is 0 Å². The average molecular weight is 323 g/mol. The van der Waals surface area contributed by atoms with Crippen molar-refractivity contribution in [2.24, 2.45) is 0 Å². The second kappa shape index (κ2) is 5.66. The molecule has 1 unspecified atom stereocenters. The highest BCUT2D eigenvalue weighted by atomic mass is 32.2. The molecule has 0 bridgehead atoms. The van der Waals surface area contributed by atoms with Gasteiger partial charge in [-0.05, 0) is 18.9 Å². The summed E-state index contributed by atoms with van der Waals surface area (Å²) in [6.07, 6.45) is 1.50. The van der Waals surface area contributed by atoms with Gasteiger partial charge in [-0.25, -0.2) is 8.42 Å². The van der Waals surface area contributed by atoms with E-state index in [2.05, 4.69) is 23.5 Å². The van der Waals surface area contributed by atoms with E-state index < -0.39 is 15.4 Å². The van der Waals surface area contributed by atoms with Gasteiger partial charge in [-0.1, -0.05) is 24.3 Å². The number of sulfone groups is 1. The monoisotopic (exact) mass is 323 g/mol. The maximum Gasteiger partial charge on any atom is 0.275 e. The molecule has 1 saturated heterocycles. The Labute approximate surface area is 131 Å². The van der Waals surface area contributed by atoms with Gasteiger partial charge < -0.3 is 10.2 Å². The highest BCUT2D eigenvalue weighted by molar-refractivity contribution is 7.91. The third-order valence-electron chi connectivity index (χ3n) is 4.66. The molecule has 0 aromatic heterocycles. The molecule has 1 amide bonds. The Hall–Kier alpha value is -1.40. The minimum atomic E-state index is -2.99. The average Bonchev–Trinajstić information content (AvgIpc) is 2.72. The van der Waals surface area contributed by atoms with Crippen molar-refractivity contribution >= 4 is 15.7 Å². The van der Waals surface area contributed by atoms with Crippen LogP contribution < -0.4 is 10.2 Å². The van der Waals surface area contributed by atoms with Crippen molar-refractivity contribution in [3.8, 4) is 0 Å². The van der Waals surface area contributed by atoms with Gasteiger partial charge in [0.2, 0.25) is 0 Å². The molecule has 2 aliphatic heterocycles. The van der Waals surface area contributed by atoms with Crippen LogP contribution in [0.1, 0.15) is 24.5 Å². The molecule has 2 aliphatic rings. The molecule has 5 nitrogen and oxygen atoms in total. The molecule has 1 aromatic carbocycles. The first-order valence-electron chi connectivity index (χ1n) is 7.77. The van der Waals surface area contributed by atoms with Gasteiger partial charge in [0.25, 0.3) is 5.91 Å². The van der Waals surface area contributed by atoms with Crippen LogP contribution in [0.25, 0.3) is 0 Å². The summed E-state index contributed by atoms with van der Waals surface area (Å²) >= 11 is 0. The maximum atomic E-state index is 12.3. The standard InChI is InChI=1S/C16H22N2O3S/c1-16(7-9-22(20,21)12-16)17-15(19)11-18-8-6-13-4-2-3-5-14(13)10-18/h2-5H,6-12H2,1H3,(H,17,19)/p+1/t16-/m0/s1.